The average molecular weight is 361 g/mol. The standard InChI is InChI=1S/C18H14F3N3O2/c1-2-26-17(25)13-10-15-14(7-4-8-22-15)24-16(13)23-12-6-3-5-11(9-12)18(19,20)21/h3-10H,2H2,1H3,(H,23,24). The molecule has 0 aliphatic rings. The van der Waals surface area contributed by atoms with Gasteiger partial charge in [-0.15, -0.1) is 0 Å². The number of hydrogen-bond acceptors (Lipinski definition) is 5. The highest BCUT2D eigenvalue weighted by atomic mass is 19.4. The van der Waals surface area contributed by atoms with Crippen molar-refractivity contribution in [2.75, 3.05) is 11.9 Å². The first-order valence-electron chi connectivity index (χ1n) is 7.75. The lowest BCUT2D eigenvalue weighted by Crippen LogP contribution is -2.10. The second-order valence-electron chi connectivity index (χ2n) is 5.35. The van der Waals surface area contributed by atoms with Gasteiger partial charge in [-0.2, -0.15) is 13.2 Å². The number of fused-ring (bicyclic) bond motifs is 1. The van der Waals surface area contributed by atoms with E-state index in [1.54, 1.807) is 25.3 Å². The van der Waals surface area contributed by atoms with Crippen LogP contribution in [0.2, 0.25) is 0 Å². The maximum atomic E-state index is 12.9. The Labute approximate surface area is 146 Å². The van der Waals surface area contributed by atoms with Crippen LogP contribution in [0, 0.1) is 0 Å². The molecule has 5 nitrogen and oxygen atoms in total. The topological polar surface area (TPSA) is 64.1 Å². The quantitative estimate of drug-likeness (QED) is 0.690. The Morgan fingerprint density at radius 1 is 1.15 bits per heavy atom. The van der Waals surface area contributed by atoms with E-state index in [-0.39, 0.29) is 23.7 Å². The van der Waals surface area contributed by atoms with E-state index in [0.717, 1.165) is 12.1 Å². The highest BCUT2D eigenvalue weighted by molar-refractivity contribution is 5.99. The van der Waals surface area contributed by atoms with Crippen molar-refractivity contribution >= 4 is 28.5 Å². The third kappa shape index (κ3) is 3.74. The van der Waals surface area contributed by atoms with Crippen molar-refractivity contribution in [1.82, 2.24) is 9.97 Å². The number of ether oxygens (including phenoxy) is 1. The van der Waals surface area contributed by atoms with Crippen LogP contribution in [0.5, 0.6) is 0 Å². The number of rotatable bonds is 4. The molecule has 0 fully saturated rings. The van der Waals surface area contributed by atoms with Crippen molar-refractivity contribution in [2.24, 2.45) is 0 Å². The van der Waals surface area contributed by atoms with Crippen LogP contribution in [0.4, 0.5) is 24.7 Å². The van der Waals surface area contributed by atoms with E-state index >= 15 is 0 Å². The molecule has 0 saturated heterocycles. The fourth-order valence-electron chi connectivity index (χ4n) is 2.37. The van der Waals surface area contributed by atoms with Crippen LogP contribution < -0.4 is 5.32 Å². The van der Waals surface area contributed by atoms with Gasteiger partial charge in [0.15, 0.2) is 0 Å². The molecule has 0 saturated carbocycles. The van der Waals surface area contributed by atoms with Crippen LogP contribution in [0.1, 0.15) is 22.8 Å². The normalized spacial score (nSPS) is 11.4. The van der Waals surface area contributed by atoms with E-state index in [1.807, 2.05) is 0 Å². The fraction of sp³-hybridized carbons (Fsp3) is 0.167. The summed E-state index contributed by atoms with van der Waals surface area (Å²) in [4.78, 5) is 20.7. The van der Waals surface area contributed by atoms with Gasteiger partial charge in [0.05, 0.1) is 23.2 Å². The van der Waals surface area contributed by atoms with Gasteiger partial charge >= 0.3 is 12.1 Å². The summed E-state index contributed by atoms with van der Waals surface area (Å²) in [6, 6.07) is 9.51. The molecule has 2 aromatic heterocycles. The van der Waals surface area contributed by atoms with Gasteiger partial charge in [-0.1, -0.05) is 6.07 Å². The first-order chi connectivity index (χ1) is 12.4. The first kappa shape index (κ1) is 17.7. The van der Waals surface area contributed by atoms with Crippen molar-refractivity contribution in [3.8, 4) is 0 Å². The third-order valence-electron chi connectivity index (χ3n) is 3.53. The van der Waals surface area contributed by atoms with Crippen molar-refractivity contribution < 1.29 is 22.7 Å². The second kappa shape index (κ2) is 6.99. The minimum atomic E-state index is -4.47. The van der Waals surface area contributed by atoms with Gasteiger partial charge in [0.25, 0.3) is 0 Å². The molecule has 134 valence electrons. The number of benzene rings is 1. The number of halogens is 3. The maximum absolute atomic E-state index is 12.9. The smallest absolute Gasteiger partial charge is 0.416 e. The first-order valence-corrected chi connectivity index (χ1v) is 7.75. The molecule has 0 aliphatic heterocycles. The van der Waals surface area contributed by atoms with Crippen LogP contribution >= 0.6 is 0 Å². The molecule has 0 aliphatic carbocycles. The summed E-state index contributed by atoms with van der Waals surface area (Å²) >= 11 is 0. The van der Waals surface area contributed by atoms with Crippen LogP contribution in [0.25, 0.3) is 11.0 Å². The lowest BCUT2D eigenvalue weighted by atomic mass is 10.1. The van der Waals surface area contributed by atoms with Gasteiger partial charge in [0.2, 0.25) is 0 Å². The molecule has 3 aromatic rings. The summed E-state index contributed by atoms with van der Waals surface area (Å²) < 4.78 is 43.7. The number of pyridine rings is 2. The van der Waals surface area contributed by atoms with Crippen molar-refractivity contribution in [3.05, 3.63) is 59.8 Å². The monoisotopic (exact) mass is 361 g/mol. The molecule has 0 bridgehead atoms. The molecule has 26 heavy (non-hydrogen) atoms. The summed E-state index contributed by atoms with van der Waals surface area (Å²) in [7, 11) is 0. The Morgan fingerprint density at radius 2 is 1.96 bits per heavy atom. The van der Waals surface area contributed by atoms with E-state index in [4.69, 9.17) is 4.74 Å². The van der Waals surface area contributed by atoms with Gasteiger partial charge in [-0.25, -0.2) is 9.78 Å². The van der Waals surface area contributed by atoms with Crippen LogP contribution in [0.15, 0.2) is 48.7 Å². The predicted molar refractivity (Wildman–Crippen MR) is 90.2 cm³/mol. The number of aromatic nitrogens is 2. The molecule has 0 radical (unpaired) electrons. The predicted octanol–water partition coefficient (Wildman–Crippen LogP) is 4.57. The van der Waals surface area contributed by atoms with Crippen molar-refractivity contribution in [3.63, 3.8) is 0 Å². The van der Waals surface area contributed by atoms with E-state index in [1.165, 1.54) is 18.2 Å². The summed E-state index contributed by atoms with van der Waals surface area (Å²) in [6.07, 6.45) is -2.92. The number of hydrogen-bond donors (Lipinski definition) is 1. The third-order valence-corrected chi connectivity index (χ3v) is 3.53. The molecule has 8 heteroatoms. The number of carbonyl (C=O) groups is 1. The lowest BCUT2D eigenvalue weighted by Gasteiger charge is -2.13. The van der Waals surface area contributed by atoms with Crippen LogP contribution in [-0.2, 0) is 10.9 Å². The number of esters is 1. The molecule has 3 rings (SSSR count). The summed E-state index contributed by atoms with van der Waals surface area (Å²) in [5.74, 6) is -0.537. The zero-order chi connectivity index (χ0) is 18.7. The van der Waals surface area contributed by atoms with E-state index < -0.39 is 17.7 Å². The van der Waals surface area contributed by atoms with Crippen LogP contribution in [0.3, 0.4) is 0 Å². The van der Waals surface area contributed by atoms with Crippen molar-refractivity contribution in [1.29, 1.82) is 0 Å². The Hall–Kier alpha value is -3.16. The molecule has 0 amide bonds. The summed E-state index contributed by atoms with van der Waals surface area (Å²) in [6.45, 7) is 1.81. The summed E-state index contributed by atoms with van der Waals surface area (Å²) in [5, 5.41) is 2.78. The van der Waals surface area contributed by atoms with E-state index in [2.05, 4.69) is 15.3 Å². The Bertz CT molecular complexity index is 958. The molecule has 1 aromatic carbocycles. The van der Waals surface area contributed by atoms with Gasteiger partial charge in [-0.05, 0) is 43.3 Å². The SMILES string of the molecule is CCOC(=O)c1cc2ncccc2nc1Nc1cccc(C(F)(F)F)c1. The number of nitrogens with zero attached hydrogens (tertiary/aromatic N) is 2. The Kier molecular flexibility index (Phi) is 4.75. The zero-order valence-electron chi connectivity index (χ0n) is 13.7. The summed E-state index contributed by atoms with van der Waals surface area (Å²) in [5.41, 5.74) is 0.416. The number of anilines is 2. The molecular formula is C18H14F3N3O2. The minimum absolute atomic E-state index is 0.0930. The molecule has 0 atom stereocenters. The van der Waals surface area contributed by atoms with Gasteiger partial charge in [-0.3, -0.25) is 4.98 Å². The Balaban J connectivity index is 2.05. The highest BCUT2D eigenvalue weighted by Gasteiger charge is 2.30. The van der Waals surface area contributed by atoms with Crippen LogP contribution in [-0.4, -0.2) is 22.5 Å². The average Bonchev–Trinajstić information content (AvgIpc) is 2.61. The van der Waals surface area contributed by atoms with Gasteiger partial charge in [0, 0.05) is 11.9 Å². The maximum Gasteiger partial charge on any atom is 0.416 e. The second-order valence-corrected chi connectivity index (χ2v) is 5.35. The fourth-order valence-corrected chi connectivity index (χ4v) is 2.37. The highest BCUT2D eigenvalue weighted by Crippen LogP contribution is 2.32. The molecule has 2 heterocycles. The van der Waals surface area contributed by atoms with E-state index in [0.29, 0.717) is 11.0 Å². The lowest BCUT2D eigenvalue weighted by molar-refractivity contribution is -0.137. The number of carbonyl (C=O) groups excluding carboxylic acids is 1. The minimum Gasteiger partial charge on any atom is -0.462 e. The number of nitrogens with one attached hydrogen (secondary N) is 1. The largest absolute Gasteiger partial charge is 0.462 e. The molecular weight excluding hydrogens is 347 g/mol. The molecule has 0 unspecified atom stereocenters. The van der Waals surface area contributed by atoms with Gasteiger partial charge in [0.1, 0.15) is 11.4 Å². The molecule has 0 spiro atoms. The van der Waals surface area contributed by atoms with Gasteiger partial charge < -0.3 is 10.1 Å². The van der Waals surface area contributed by atoms with E-state index in [9.17, 15) is 18.0 Å². The molecule has 1 N–H and O–H groups in total. The number of alkyl halides is 3. The van der Waals surface area contributed by atoms with Crippen molar-refractivity contribution in [2.45, 2.75) is 13.1 Å². The zero-order valence-corrected chi connectivity index (χ0v) is 13.7. The Morgan fingerprint density at radius 3 is 2.69 bits per heavy atom.